The molecule has 1 aliphatic heterocycles. The number of benzene rings is 1. The van der Waals surface area contributed by atoms with Crippen LogP contribution in [0.4, 0.5) is 0 Å². The van der Waals surface area contributed by atoms with E-state index in [-0.39, 0.29) is 11.8 Å². The van der Waals surface area contributed by atoms with Crippen LogP contribution < -0.4 is 5.32 Å². The van der Waals surface area contributed by atoms with Crippen molar-refractivity contribution in [3.8, 4) is 0 Å². The summed E-state index contributed by atoms with van der Waals surface area (Å²) in [5.74, 6) is -0.786. The minimum absolute atomic E-state index is 0.0125. The van der Waals surface area contributed by atoms with E-state index >= 15 is 0 Å². The molecule has 0 aromatic heterocycles. The van der Waals surface area contributed by atoms with Gasteiger partial charge in [-0.1, -0.05) is 37.1 Å². The molecule has 1 aliphatic rings. The smallest absolute Gasteiger partial charge is 0.257 e. The number of allylic oxidation sites excluding steroid dienone is 1. The zero-order valence-corrected chi connectivity index (χ0v) is 15.3. The molecule has 0 bridgehead atoms. The normalized spacial score (nSPS) is 16.3. The van der Waals surface area contributed by atoms with E-state index in [0.717, 1.165) is 38.5 Å². The largest absolute Gasteiger partial charge is 0.331 e. The molecule has 0 aliphatic carbocycles. The number of rotatable bonds is 9. The number of imide groups is 1. The number of hydrogen-bond acceptors (Lipinski definition) is 3. The third-order valence-corrected chi connectivity index (χ3v) is 4.70. The van der Waals surface area contributed by atoms with Gasteiger partial charge in [-0.3, -0.25) is 19.7 Å². The van der Waals surface area contributed by atoms with E-state index in [4.69, 9.17) is 0 Å². The molecule has 1 fully saturated rings. The molecule has 1 atom stereocenters. The highest BCUT2D eigenvalue weighted by Gasteiger charge is 2.34. The molecule has 3 amide bonds. The summed E-state index contributed by atoms with van der Waals surface area (Å²) in [6.45, 7) is 4.29. The van der Waals surface area contributed by atoms with Gasteiger partial charge in [-0.05, 0) is 44.2 Å². The molecular weight excluding hydrogens is 328 g/mol. The maximum atomic E-state index is 12.5. The third kappa shape index (κ3) is 5.83. The van der Waals surface area contributed by atoms with Crippen molar-refractivity contribution < 1.29 is 14.4 Å². The fourth-order valence-electron chi connectivity index (χ4n) is 3.26. The summed E-state index contributed by atoms with van der Waals surface area (Å²) in [6.07, 6.45) is 8.84. The van der Waals surface area contributed by atoms with Crippen molar-refractivity contribution in [1.29, 1.82) is 0 Å². The first-order chi connectivity index (χ1) is 12.6. The Hall–Kier alpha value is -2.43. The highest BCUT2D eigenvalue weighted by molar-refractivity contribution is 6.06. The lowest BCUT2D eigenvalue weighted by molar-refractivity contribution is -0.138. The average molecular weight is 356 g/mol. The van der Waals surface area contributed by atoms with Crippen molar-refractivity contribution in [3.63, 3.8) is 0 Å². The first kappa shape index (κ1) is 19.9. The molecule has 2 rings (SSSR count). The summed E-state index contributed by atoms with van der Waals surface area (Å²) in [6, 6.07) is 8.10. The second-order valence-electron chi connectivity index (χ2n) is 6.67. The molecule has 0 radical (unpaired) electrons. The predicted molar refractivity (Wildman–Crippen MR) is 102 cm³/mol. The molecule has 0 saturated carbocycles. The lowest BCUT2D eigenvalue weighted by Crippen LogP contribution is -2.47. The second-order valence-corrected chi connectivity index (χ2v) is 6.67. The van der Waals surface area contributed by atoms with Crippen molar-refractivity contribution in [2.45, 2.75) is 57.4 Å². The number of hydrogen-bond donors (Lipinski definition) is 1. The van der Waals surface area contributed by atoms with Gasteiger partial charge >= 0.3 is 0 Å². The second kappa shape index (κ2) is 10.5. The van der Waals surface area contributed by atoms with Crippen LogP contribution in [0.25, 0.3) is 0 Å². The van der Waals surface area contributed by atoms with Gasteiger partial charge in [0.15, 0.2) is 0 Å². The highest BCUT2D eigenvalue weighted by atomic mass is 16.2. The van der Waals surface area contributed by atoms with Gasteiger partial charge in [0.1, 0.15) is 6.04 Å². The molecule has 26 heavy (non-hydrogen) atoms. The molecule has 0 spiro atoms. The van der Waals surface area contributed by atoms with Gasteiger partial charge in [-0.15, -0.1) is 6.58 Å². The van der Waals surface area contributed by atoms with Gasteiger partial charge in [0.25, 0.3) is 5.91 Å². The van der Waals surface area contributed by atoms with Crippen molar-refractivity contribution in [3.05, 3.63) is 48.6 Å². The van der Waals surface area contributed by atoms with Crippen LogP contribution >= 0.6 is 0 Å². The van der Waals surface area contributed by atoms with Crippen molar-refractivity contribution in [2.24, 2.45) is 0 Å². The van der Waals surface area contributed by atoms with Crippen LogP contribution in [0.3, 0.4) is 0 Å². The van der Waals surface area contributed by atoms with Gasteiger partial charge in [-0.2, -0.15) is 0 Å². The molecule has 5 nitrogen and oxygen atoms in total. The monoisotopic (exact) mass is 356 g/mol. The van der Waals surface area contributed by atoms with Gasteiger partial charge < -0.3 is 4.90 Å². The predicted octanol–water partition coefficient (Wildman–Crippen LogP) is 3.46. The molecule has 1 unspecified atom stereocenters. The highest BCUT2D eigenvalue weighted by Crippen LogP contribution is 2.20. The summed E-state index contributed by atoms with van der Waals surface area (Å²) in [5.41, 5.74) is 0.441. The van der Waals surface area contributed by atoms with Gasteiger partial charge in [0.05, 0.1) is 0 Å². The van der Waals surface area contributed by atoms with Crippen molar-refractivity contribution in [2.75, 3.05) is 6.54 Å². The molecule has 140 valence electrons. The Morgan fingerprint density at radius 1 is 1.12 bits per heavy atom. The van der Waals surface area contributed by atoms with Crippen LogP contribution in [-0.2, 0) is 9.59 Å². The lowest BCUT2D eigenvalue weighted by Gasteiger charge is -2.23. The van der Waals surface area contributed by atoms with E-state index in [1.807, 2.05) is 12.1 Å². The van der Waals surface area contributed by atoms with E-state index in [2.05, 4.69) is 11.9 Å². The molecule has 1 N–H and O–H groups in total. The molecule has 5 heteroatoms. The van der Waals surface area contributed by atoms with Crippen LogP contribution in [0, 0.1) is 0 Å². The van der Waals surface area contributed by atoms with E-state index in [9.17, 15) is 14.4 Å². The summed E-state index contributed by atoms with van der Waals surface area (Å²) in [4.78, 5) is 38.7. The Kier molecular flexibility index (Phi) is 8.06. The minimum atomic E-state index is -0.532. The fraction of sp³-hybridized carbons (Fsp3) is 0.476. The van der Waals surface area contributed by atoms with E-state index in [1.54, 1.807) is 29.2 Å². The molecule has 1 heterocycles. The van der Waals surface area contributed by atoms with Gasteiger partial charge in [0, 0.05) is 18.5 Å². The first-order valence-electron chi connectivity index (χ1n) is 9.44. The SMILES string of the molecule is C=CCCCCCCC(=O)N1CCCC1C(=O)NC(=O)c1ccccc1. The van der Waals surface area contributed by atoms with E-state index < -0.39 is 11.9 Å². The number of unbranched alkanes of at least 4 members (excludes halogenated alkanes) is 4. The Morgan fingerprint density at radius 3 is 2.58 bits per heavy atom. The maximum absolute atomic E-state index is 12.5. The number of carbonyl (C=O) groups is 3. The minimum Gasteiger partial charge on any atom is -0.331 e. The molecular formula is C21H28N2O3. The third-order valence-electron chi connectivity index (χ3n) is 4.70. The summed E-state index contributed by atoms with van der Waals surface area (Å²) < 4.78 is 0. The summed E-state index contributed by atoms with van der Waals surface area (Å²) >= 11 is 0. The first-order valence-corrected chi connectivity index (χ1v) is 9.44. The molecule has 1 aromatic rings. The average Bonchev–Trinajstić information content (AvgIpc) is 3.15. The Labute approximate surface area is 155 Å². The lowest BCUT2D eigenvalue weighted by atomic mass is 10.1. The quantitative estimate of drug-likeness (QED) is 0.419. The van der Waals surface area contributed by atoms with Crippen molar-refractivity contribution in [1.82, 2.24) is 10.2 Å². The molecule has 1 saturated heterocycles. The standard InChI is InChI=1S/C21H28N2O3/c1-2-3-4-5-6-10-15-19(24)23-16-11-14-18(23)21(26)22-20(25)17-12-8-7-9-13-17/h2,7-9,12-13,18H,1,3-6,10-11,14-16H2,(H,22,25,26). The number of nitrogens with one attached hydrogen (secondary N) is 1. The van der Waals surface area contributed by atoms with Crippen LogP contribution in [-0.4, -0.2) is 35.2 Å². The van der Waals surface area contributed by atoms with E-state index in [0.29, 0.717) is 24.9 Å². The number of likely N-dealkylation sites (tertiary alicyclic amines) is 1. The van der Waals surface area contributed by atoms with Crippen LogP contribution in [0.2, 0.25) is 0 Å². The van der Waals surface area contributed by atoms with Crippen LogP contribution in [0.15, 0.2) is 43.0 Å². The van der Waals surface area contributed by atoms with Crippen LogP contribution in [0.5, 0.6) is 0 Å². The number of carbonyl (C=O) groups excluding carboxylic acids is 3. The fourth-order valence-corrected chi connectivity index (χ4v) is 3.26. The number of nitrogens with zero attached hydrogens (tertiary/aromatic N) is 1. The summed E-state index contributed by atoms with van der Waals surface area (Å²) in [7, 11) is 0. The van der Waals surface area contributed by atoms with Crippen LogP contribution in [0.1, 0.15) is 61.7 Å². The Balaban J connectivity index is 1.80. The Morgan fingerprint density at radius 2 is 1.85 bits per heavy atom. The zero-order chi connectivity index (χ0) is 18.8. The number of amides is 3. The van der Waals surface area contributed by atoms with Gasteiger partial charge in [-0.25, -0.2) is 0 Å². The van der Waals surface area contributed by atoms with Gasteiger partial charge in [0.2, 0.25) is 11.8 Å². The van der Waals surface area contributed by atoms with Crippen molar-refractivity contribution >= 4 is 17.7 Å². The zero-order valence-electron chi connectivity index (χ0n) is 15.3. The topological polar surface area (TPSA) is 66.5 Å². The molecule has 1 aromatic carbocycles. The van der Waals surface area contributed by atoms with E-state index in [1.165, 1.54) is 0 Å². The maximum Gasteiger partial charge on any atom is 0.257 e. The summed E-state index contributed by atoms with van der Waals surface area (Å²) in [5, 5.41) is 2.43. The Bertz CT molecular complexity index is 627.